The van der Waals surface area contributed by atoms with Gasteiger partial charge < -0.3 is 14.2 Å². The lowest BCUT2D eigenvalue weighted by Crippen LogP contribution is -2.38. The zero-order valence-corrected chi connectivity index (χ0v) is 13.2. The van der Waals surface area contributed by atoms with Gasteiger partial charge in [-0.3, -0.25) is 9.88 Å². The van der Waals surface area contributed by atoms with Gasteiger partial charge in [-0.25, -0.2) is 0 Å². The van der Waals surface area contributed by atoms with Crippen LogP contribution in [0.3, 0.4) is 0 Å². The van der Waals surface area contributed by atoms with E-state index in [1.54, 1.807) is 6.20 Å². The van der Waals surface area contributed by atoms with E-state index in [1.807, 2.05) is 42.5 Å². The second-order valence-corrected chi connectivity index (χ2v) is 5.39. The fraction of sp³-hybridized carbons (Fsp3) is 0.389. The predicted octanol–water partition coefficient (Wildman–Crippen LogP) is 2.37. The quantitative estimate of drug-likeness (QED) is 0.785. The summed E-state index contributed by atoms with van der Waals surface area (Å²) in [5.74, 6) is 1.62. The molecule has 0 N–H and O–H groups in total. The third-order valence-electron chi connectivity index (χ3n) is 3.70. The van der Waals surface area contributed by atoms with Gasteiger partial charge in [-0.05, 0) is 24.3 Å². The largest absolute Gasteiger partial charge is 0.492 e. The summed E-state index contributed by atoms with van der Waals surface area (Å²) >= 11 is 0. The van der Waals surface area contributed by atoms with Crippen LogP contribution in [0.25, 0.3) is 0 Å². The lowest BCUT2D eigenvalue weighted by molar-refractivity contribution is 0.0322. The van der Waals surface area contributed by atoms with E-state index >= 15 is 0 Å². The Morgan fingerprint density at radius 1 is 1.00 bits per heavy atom. The standard InChI is InChI=1S/C18H22N2O3/c1-2-7-19-16(4-1)15-23-18-6-3-5-17(14-18)22-13-10-20-8-11-21-12-9-20/h1-7,14H,8-13,15H2. The molecule has 1 aromatic heterocycles. The lowest BCUT2D eigenvalue weighted by atomic mass is 10.3. The molecule has 5 nitrogen and oxygen atoms in total. The van der Waals surface area contributed by atoms with Gasteiger partial charge in [0.25, 0.3) is 0 Å². The monoisotopic (exact) mass is 314 g/mol. The van der Waals surface area contributed by atoms with Crippen molar-refractivity contribution in [1.29, 1.82) is 0 Å². The summed E-state index contributed by atoms with van der Waals surface area (Å²) in [5.41, 5.74) is 0.908. The Morgan fingerprint density at radius 3 is 2.61 bits per heavy atom. The van der Waals surface area contributed by atoms with Gasteiger partial charge in [0.1, 0.15) is 24.7 Å². The van der Waals surface area contributed by atoms with Crippen LogP contribution < -0.4 is 9.47 Å². The van der Waals surface area contributed by atoms with Crippen LogP contribution in [0.4, 0.5) is 0 Å². The highest BCUT2D eigenvalue weighted by Crippen LogP contribution is 2.20. The molecule has 0 bridgehead atoms. The van der Waals surface area contributed by atoms with Gasteiger partial charge in [0.05, 0.1) is 18.9 Å². The number of morpholine rings is 1. The van der Waals surface area contributed by atoms with Gasteiger partial charge in [-0.15, -0.1) is 0 Å². The minimum Gasteiger partial charge on any atom is -0.492 e. The normalized spacial score (nSPS) is 15.3. The molecule has 23 heavy (non-hydrogen) atoms. The van der Waals surface area contributed by atoms with Gasteiger partial charge in [0.2, 0.25) is 0 Å². The number of ether oxygens (including phenoxy) is 3. The molecular weight excluding hydrogens is 292 g/mol. The minimum atomic E-state index is 0.456. The SMILES string of the molecule is c1ccc(COc2cccc(OCCN3CCOCC3)c2)nc1. The molecule has 3 rings (SSSR count). The summed E-state index contributed by atoms with van der Waals surface area (Å²) in [6.07, 6.45) is 1.77. The Kier molecular flexibility index (Phi) is 5.83. The number of nitrogens with zero attached hydrogens (tertiary/aromatic N) is 2. The fourth-order valence-electron chi connectivity index (χ4n) is 2.41. The van der Waals surface area contributed by atoms with Crippen molar-refractivity contribution in [2.24, 2.45) is 0 Å². The van der Waals surface area contributed by atoms with Crippen LogP contribution in [-0.2, 0) is 11.3 Å². The topological polar surface area (TPSA) is 43.8 Å². The first-order chi connectivity index (χ1) is 11.4. The molecule has 5 heteroatoms. The molecule has 2 heterocycles. The highest BCUT2D eigenvalue weighted by atomic mass is 16.5. The first kappa shape index (κ1) is 15.8. The van der Waals surface area contributed by atoms with Crippen LogP contribution in [0.1, 0.15) is 5.69 Å². The van der Waals surface area contributed by atoms with Crippen molar-refractivity contribution in [3.05, 3.63) is 54.4 Å². The molecule has 2 aromatic rings. The van der Waals surface area contributed by atoms with Crippen molar-refractivity contribution in [3.63, 3.8) is 0 Å². The summed E-state index contributed by atoms with van der Waals surface area (Å²) in [6.45, 7) is 5.64. The van der Waals surface area contributed by atoms with Gasteiger partial charge in [-0.2, -0.15) is 0 Å². The number of aromatic nitrogens is 1. The molecule has 0 amide bonds. The van der Waals surface area contributed by atoms with Gasteiger partial charge >= 0.3 is 0 Å². The van der Waals surface area contributed by atoms with E-state index in [9.17, 15) is 0 Å². The smallest absolute Gasteiger partial charge is 0.130 e. The summed E-state index contributed by atoms with van der Waals surface area (Å²) in [7, 11) is 0. The first-order valence-electron chi connectivity index (χ1n) is 7.96. The maximum Gasteiger partial charge on any atom is 0.130 e. The Morgan fingerprint density at radius 2 is 1.83 bits per heavy atom. The van der Waals surface area contributed by atoms with Crippen molar-refractivity contribution in [3.8, 4) is 11.5 Å². The number of benzene rings is 1. The maximum absolute atomic E-state index is 5.82. The minimum absolute atomic E-state index is 0.456. The third kappa shape index (κ3) is 5.23. The van der Waals surface area contributed by atoms with Crippen molar-refractivity contribution in [2.75, 3.05) is 39.5 Å². The summed E-state index contributed by atoms with van der Waals surface area (Å²) in [6, 6.07) is 13.5. The molecule has 0 atom stereocenters. The fourth-order valence-corrected chi connectivity index (χ4v) is 2.41. The van der Waals surface area contributed by atoms with E-state index in [0.29, 0.717) is 13.2 Å². The van der Waals surface area contributed by atoms with Crippen molar-refractivity contribution in [1.82, 2.24) is 9.88 Å². The molecular formula is C18H22N2O3. The Hall–Kier alpha value is -2.11. The Bertz CT molecular complexity index is 586. The van der Waals surface area contributed by atoms with E-state index in [4.69, 9.17) is 14.2 Å². The van der Waals surface area contributed by atoms with E-state index < -0.39 is 0 Å². The summed E-state index contributed by atoms with van der Waals surface area (Å²) < 4.78 is 16.9. The van der Waals surface area contributed by atoms with Crippen molar-refractivity contribution >= 4 is 0 Å². The zero-order chi connectivity index (χ0) is 15.7. The molecule has 1 fully saturated rings. The third-order valence-corrected chi connectivity index (χ3v) is 3.70. The van der Waals surface area contributed by atoms with Gasteiger partial charge in [-0.1, -0.05) is 12.1 Å². The average molecular weight is 314 g/mol. The van der Waals surface area contributed by atoms with Crippen molar-refractivity contribution < 1.29 is 14.2 Å². The lowest BCUT2D eigenvalue weighted by Gasteiger charge is -2.26. The molecule has 0 saturated carbocycles. The second-order valence-electron chi connectivity index (χ2n) is 5.39. The molecule has 122 valence electrons. The van der Waals surface area contributed by atoms with E-state index in [-0.39, 0.29) is 0 Å². The number of hydrogen-bond donors (Lipinski definition) is 0. The number of pyridine rings is 1. The molecule has 1 aliphatic heterocycles. The highest BCUT2D eigenvalue weighted by Gasteiger charge is 2.09. The van der Waals surface area contributed by atoms with Crippen LogP contribution in [0.15, 0.2) is 48.7 Å². The maximum atomic E-state index is 5.82. The molecule has 1 aromatic carbocycles. The van der Waals surface area contributed by atoms with Crippen molar-refractivity contribution in [2.45, 2.75) is 6.61 Å². The highest BCUT2D eigenvalue weighted by molar-refractivity contribution is 5.33. The van der Waals surface area contributed by atoms with Gasteiger partial charge in [0.15, 0.2) is 0 Å². The first-order valence-corrected chi connectivity index (χ1v) is 7.96. The molecule has 0 radical (unpaired) electrons. The number of rotatable bonds is 7. The predicted molar refractivity (Wildman–Crippen MR) is 87.8 cm³/mol. The number of hydrogen-bond acceptors (Lipinski definition) is 5. The molecule has 0 aliphatic carbocycles. The molecule has 1 saturated heterocycles. The molecule has 1 aliphatic rings. The van der Waals surface area contributed by atoms with Crippen LogP contribution in [0.2, 0.25) is 0 Å². The van der Waals surface area contributed by atoms with E-state index in [2.05, 4.69) is 9.88 Å². The summed E-state index contributed by atoms with van der Waals surface area (Å²) in [5, 5.41) is 0. The van der Waals surface area contributed by atoms with Crippen LogP contribution in [-0.4, -0.2) is 49.3 Å². The Balaban J connectivity index is 1.45. The van der Waals surface area contributed by atoms with E-state index in [1.165, 1.54) is 0 Å². The molecule has 0 spiro atoms. The second kappa shape index (κ2) is 8.50. The van der Waals surface area contributed by atoms with Crippen LogP contribution in [0.5, 0.6) is 11.5 Å². The molecule has 0 unspecified atom stereocenters. The van der Waals surface area contributed by atoms with Gasteiger partial charge in [0, 0.05) is 31.9 Å². The van der Waals surface area contributed by atoms with E-state index in [0.717, 1.165) is 50.0 Å². The summed E-state index contributed by atoms with van der Waals surface area (Å²) in [4.78, 5) is 6.60. The Labute approximate surface area is 136 Å². The van der Waals surface area contributed by atoms with Crippen LogP contribution in [0, 0.1) is 0 Å². The van der Waals surface area contributed by atoms with Crippen LogP contribution >= 0.6 is 0 Å². The zero-order valence-electron chi connectivity index (χ0n) is 13.2. The average Bonchev–Trinajstić information content (AvgIpc) is 2.62.